The molecule has 1 heterocycles. The molecule has 1 aromatic carbocycles. The Balaban J connectivity index is 2.06. The predicted molar refractivity (Wildman–Crippen MR) is 84.9 cm³/mol. The minimum Gasteiger partial charge on any atom is -0.496 e. The topological polar surface area (TPSA) is 125 Å². The van der Waals surface area contributed by atoms with Crippen LogP contribution in [0.3, 0.4) is 0 Å². The molecule has 0 radical (unpaired) electrons. The van der Waals surface area contributed by atoms with E-state index >= 15 is 0 Å². The summed E-state index contributed by atoms with van der Waals surface area (Å²) in [6, 6.07) is 3.36. The number of aromatic carboxylic acids is 1. The summed E-state index contributed by atoms with van der Waals surface area (Å²) in [6.07, 6.45) is 1.18. The van der Waals surface area contributed by atoms with Crippen molar-refractivity contribution in [1.82, 2.24) is 20.3 Å². The summed E-state index contributed by atoms with van der Waals surface area (Å²) in [6.45, 7) is -0.0171. The highest BCUT2D eigenvalue weighted by atomic mass is 16.5. The Morgan fingerprint density at radius 2 is 1.80 bits per heavy atom. The minimum absolute atomic E-state index is 0.148. The van der Waals surface area contributed by atoms with Crippen molar-refractivity contribution in [1.29, 1.82) is 0 Å². The smallest absolute Gasteiger partial charge is 0.358 e. The SMILES string of the molecule is COc1cc(OC)c(CNC(=O)Cn2cc(C(=O)O)nn2)c(OC)c1. The minimum atomic E-state index is -1.21. The number of rotatable bonds is 8. The highest BCUT2D eigenvalue weighted by Crippen LogP contribution is 2.33. The van der Waals surface area contributed by atoms with Gasteiger partial charge in [-0.15, -0.1) is 5.10 Å². The van der Waals surface area contributed by atoms with E-state index in [1.807, 2.05) is 0 Å². The van der Waals surface area contributed by atoms with Gasteiger partial charge in [0.1, 0.15) is 23.8 Å². The first-order valence-corrected chi connectivity index (χ1v) is 7.17. The second-order valence-electron chi connectivity index (χ2n) is 4.89. The molecule has 2 aromatic rings. The molecule has 2 N–H and O–H groups in total. The van der Waals surface area contributed by atoms with Crippen LogP contribution in [0.1, 0.15) is 16.1 Å². The number of benzene rings is 1. The van der Waals surface area contributed by atoms with Crippen LogP contribution in [0.15, 0.2) is 18.3 Å². The lowest BCUT2D eigenvalue weighted by Crippen LogP contribution is -2.27. The van der Waals surface area contributed by atoms with Crippen molar-refractivity contribution in [3.8, 4) is 17.2 Å². The molecular weight excluding hydrogens is 332 g/mol. The zero-order valence-electron chi connectivity index (χ0n) is 14.0. The fraction of sp³-hybridized carbons (Fsp3) is 0.333. The zero-order valence-corrected chi connectivity index (χ0v) is 14.0. The molecule has 0 aliphatic heterocycles. The summed E-state index contributed by atoms with van der Waals surface area (Å²) in [7, 11) is 4.53. The van der Waals surface area contributed by atoms with Crippen molar-refractivity contribution in [2.45, 2.75) is 13.1 Å². The fourth-order valence-electron chi connectivity index (χ4n) is 2.12. The molecule has 0 atom stereocenters. The van der Waals surface area contributed by atoms with Gasteiger partial charge in [-0.2, -0.15) is 0 Å². The third kappa shape index (κ3) is 4.37. The predicted octanol–water partition coefficient (Wildman–Crippen LogP) is 0.318. The fourth-order valence-corrected chi connectivity index (χ4v) is 2.12. The molecule has 0 spiro atoms. The van der Waals surface area contributed by atoms with Crippen molar-refractivity contribution < 1.29 is 28.9 Å². The number of methoxy groups -OCH3 is 3. The van der Waals surface area contributed by atoms with E-state index in [0.717, 1.165) is 4.68 Å². The maximum absolute atomic E-state index is 12.0. The van der Waals surface area contributed by atoms with Crippen molar-refractivity contribution in [2.75, 3.05) is 21.3 Å². The number of carboxylic acids is 1. The molecule has 0 fully saturated rings. The van der Waals surface area contributed by atoms with Crippen molar-refractivity contribution >= 4 is 11.9 Å². The molecule has 25 heavy (non-hydrogen) atoms. The summed E-state index contributed by atoms with van der Waals surface area (Å²) in [4.78, 5) is 22.8. The van der Waals surface area contributed by atoms with Crippen molar-refractivity contribution in [2.24, 2.45) is 0 Å². The first-order chi connectivity index (χ1) is 12.0. The first kappa shape index (κ1) is 18.0. The summed E-state index contributed by atoms with van der Waals surface area (Å²) >= 11 is 0. The van der Waals surface area contributed by atoms with Gasteiger partial charge in [0, 0.05) is 12.1 Å². The number of carboxylic acid groups (broad SMARTS) is 1. The third-order valence-electron chi connectivity index (χ3n) is 3.34. The van der Waals surface area contributed by atoms with Crippen molar-refractivity contribution in [3.05, 3.63) is 29.6 Å². The van der Waals surface area contributed by atoms with E-state index in [1.165, 1.54) is 27.5 Å². The van der Waals surface area contributed by atoms with Crippen LogP contribution >= 0.6 is 0 Å². The van der Waals surface area contributed by atoms with E-state index in [9.17, 15) is 9.59 Å². The summed E-state index contributed by atoms with van der Waals surface area (Å²) < 4.78 is 16.9. The average Bonchev–Trinajstić information content (AvgIpc) is 3.07. The van der Waals surface area contributed by atoms with Gasteiger partial charge in [-0.1, -0.05) is 5.21 Å². The molecule has 134 valence electrons. The molecule has 0 saturated heterocycles. The van der Waals surface area contributed by atoms with Gasteiger partial charge in [0.2, 0.25) is 5.91 Å². The molecule has 10 nitrogen and oxygen atoms in total. The van der Waals surface area contributed by atoms with Gasteiger partial charge in [0.15, 0.2) is 5.69 Å². The molecule has 0 saturated carbocycles. The Hall–Kier alpha value is -3.30. The summed E-state index contributed by atoms with van der Waals surface area (Å²) in [5.41, 5.74) is 0.412. The normalized spacial score (nSPS) is 10.2. The maximum Gasteiger partial charge on any atom is 0.358 e. The molecule has 0 aliphatic carbocycles. The lowest BCUT2D eigenvalue weighted by atomic mass is 10.1. The number of carbonyl (C=O) groups excluding carboxylic acids is 1. The number of hydrogen-bond acceptors (Lipinski definition) is 7. The van der Waals surface area contributed by atoms with Crippen LogP contribution in [-0.4, -0.2) is 53.3 Å². The summed E-state index contributed by atoms with van der Waals surface area (Å²) in [5.74, 6) is -0.00967. The Bertz CT molecular complexity index is 748. The Kier molecular flexibility index (Phi) is 5.77. The largest absolute Gasteiger partial charge is 0.496 e. The van der Waals surface area contributed by atoms with E-state index in [4.69, 9.17) is 19.3 Å². The molecule has 1 amide bonds. The number of aromatic nitrogens is 3. The first-order valence-electron chi connectivity index (χ1n) is 7.17. The van der Waals surface area contributed by atoms with Gasteiger partial charge in [-0.25, -0.2) is 9.48 Å². The number of carbonyl (C=O) groups is 2. The van der Waals surface area contributed by atoms with Crippen LogP contribution < -0.4 is 19.5 Å². The number of nitrogens with one attached hydrogen (secondary N) is 1. The Labute approximate surface area is 143 Å². The van der Waals surface area contributed by atoms with Crippen molar-refractivity contribution in [3.63, 3.8) is 0 Å². The van der Waals surface area contributed by atoms with Crippen LogP contribution in [0, 0.1) is 0 Å². The van der Waals surface area contributed by atoms with Crippen LogP contribution in [0.4, 0.5) is 0 Å². The third-order valence-corrected chi connectivity index (χ3v) is 3.34. The van der Waals surface area contributed by atoms with Gasteiger partial charge in [-0.3, -0.25) is 4.79 Å². The van der Waals surface area contributed by atoms with Gasteiger partial charge in [0.05, 0.1) is 39.6 Å². The number of ether oxygens (including phenoxy) is 3. The quantitative estimate of drug-likeness (QED) is 0.697. The molecular formula is C15H18N4O6. The molecule has 0 unspecified atom stereocenters. The number of amides is 1. The molecule has 2 rings (SSSR count). The van der Waals surface area contributed by atoms with Crippen LogP contribution in [0.2, 0.25) is 0 Å². The standard InChI is InChI=1S/C15H18N4O6/c1-23-9-4-12(24-2)10(13(5-9)25-3)6-16-14(20)8-19-7-11(15(21)22)17-18-19/h4-5,7H,6,8H2,1-3H3,(H,16,20)(H,21,22). The van der Waals surface area contributed by atoms with E-state index in [-0.39, 0.29) is 24.7 Å². The monoisotopic (exact) mass is 350 g/mol. The molecule has 1 aromatic heterocycles. The zero-order chi connectivity index (χ0) is 18.4. The maximum atomic E-state index is 12.0. The Morgan fingerprint density at radius 1 is 1.16 bits per heavy atom. The molecule has 10 heteroatoms. The highest BCUT2D eigenvalue weighted by Gasteiger charge is 2.15. The second kappa shape index (κ2) is 7.99. The Morgan fingerprint density at radius 3 is 2.28 bits per heavy atom. The summed E-state index contributed by atoms with van der Waals surface area (Å²) in [5, 5.41) is 18.5. The lowest BCUT2D eigenvalue weighted by Gasteiger charge is -2.15. The van der Waals surface area contributed by atoms with Gasteiger partial charge >= 0.3 is 5.97 Å². The van der Waals surface area contributed by atoms with Gasteiger partial charge in [0.25, 0.3) is 0 Å². The van der Waals surface area contributed by atoms with Crippen LogP contribution in [0.5, 0.6) is 17.2 Å². The van der Waals surface area contributed by atoms with Gasteiger partial charge in [-0.05, 0) is 0 Å². The molecule has 0 aliphatic rings. The lowest BCUT2D eigenvalue weighted by molar-refractivity contribution is -0.122. The van der Waals surface area contributed by atoms with E-state index < -0.39 is 5.97 Å². The van der Waals surface area contributed by atoms with Gasteiger partial charge < -0.3 is 24.6 Å². The van der Waals surface area contributed by atoms with E-state index in [2.05, 4.69) is 15.6 Å². The van der Waals surface area contributed by atoms with E-state index in [0.29, 0.717) is 22.8 Å². The number of hydrogen-bond donors (Lipinski definition) is 2. The average molecular weight is 350 g/mol. The van der Waals surface area contributed by atoms with Crippen LogP contribution in [-0.2, 0) is 17.9 Å². The highest BCUT2D eigenvalue weighted by molar-refractivity contribution is 5.84. The second-order valence-corrected chi connectivity index (χ2v) is 4.89. The molecule has 0 bridgehead atoms. The van der Waals surface area contributed by atoms with E-state index in [1.54, 1.807) is 12.1 Å². The van der Waals surface area contributed by atoms with Crippen LogP contribution in [0.25, 0.3) is 0 Å². The number of nitrogens with zero attached hydrogens (tertiary/aromatic N) is 3.